The maximum absolute atomic E-state index is 11.9. The molecule has 1 aromatic rings. The lowest BCUT2D eigenvalue weighted by atomic mass is 10.2. The van der Waals surface area contributed by atoms with E-state index in [1.165, 1.54) is 0 Å². The van der Waals surface area contributed by atoms with Gasteiger partial charge in [-0.05, 0) is 18.6 Å². The van der Waals surface area contributed by atoms with Crippen molar-refractivity contribution < 1.29 is 4.79 Å². The summed E-state index contributed by atoms with van der Waals surface area (Å²) in [4.78, 5) is 13.9. The van der Waals surface area contributed by atoms with Crippen molar-refractivity contribution in [3.63, 3.8) is 0 Å². The van der Waals surface area contributed by atoms with Gasteiger partial charge in [-0.3, -0.25) is 9.69 Å². The van der Waals surface area contributed by atoms with Crippen LogP contribution in [0.2, 0.25) is 0 Å². The van der Waals surface area contributed by atoms with Gasteiger partial charge in [0, 0.05) is 18.8 Å². The van der Waals surface area contributed by atoms with Crippen LogP contribution >= 0.6 is 12.4 Å². The second-order valence-corrected chi connectivity index (χ2v) is 4.13. The first-order valence-corrected chi connectivity index (χ1v) is 5.97. The number of nitrogens with one attached hydrogen (secondary N) is 1. The lowest BCUT2D eigenvalue weighted by Gasteiger charge is -2.18. The first kappa shape index (κ1) is 17.4. The summed E-state index contributed by atoms with van der Waals surface area (Å²) in [7, 11) is 0. The number of amides is 1. The number of rotatable bonds is 7. The molecule has 0 aromatic heterocycles. The van der Waals surface area contributed by atoms with Gasteiger partial charge < -0.3 is 5.32 Å². The van der Waals surface area contributed by atoms with E-state index in [1.54, 1.807) is 12.2 Å². The first-order valence-electron chi connectivity index (χ1n) is 5.97. The third kappa shape index (κ3) is 6.22. The number of anilines is 1. The SMILES string of the molecule is C=CCN(CC=C)CC(=O)Nc1ccccc1C.Cl. The van der Waals surface area contributed by atoms with Crippen LogP contribution < -0.4 is 5.32 Å². The summed E-state index contributed by atoms with van der Waals surface area (Å²) in [5.41, 5.74) is 1.92. The Morgan fingerprint density at radius 3 is 2.37 bits per heavy atom. The third-order valence-corrected chi connectivity index (χ3v) is 2.56. The molecule has 0 atom stereocenters. The molecule has 0 bridgehead atoms. The molecule has 4 heteroatoms. The van der Waals surface area contributed by atoms with Crippen LogP contribution in [0.3, 0.4) is 0 Å². The van der Waals surface area contributed by atoms with Gasteiger partial charge in [0.15, 0.2) is 0 Å². The molecule has 1 amide bonds. The van der Waals surface area contributed by atoms with Gasteiger partial charge in [-0.1, -0.05) is 30.4 Å². The molecule has 0 fully saturated rings. The molecule has 19 heavy (non-hydrogen) atoms. The highest BCUT2D eigenvalue weighted by Gasteiger charge is 2.09. The monoisotopic (exact) mass is 280 g/mol. The molecular formula is C15H21ClN2O. The zero-order valence-electron chi connectivity index (χ0n) is 11.3. The van der Waals surface area contributed by atoms with E-state index >= 15 is 0 Å². The van der Waals surface area contributed by atoms with Crippen molar-refractivity contribution in [2.24, 2.45) is 0 Å². The average molecular weight is 281 g/mol. The van der Waals surface area contributed by atoms with Crippen LogP contribution in [0.25, 0.3) is 0 Å². The lowest BCUT2D eigenvalue weighted by molar-refractivity contribution is -0.117. The molecule has 0 spiro atoms. The third-order valence-electron chi connectivity index (χ3n) is 2.56. The first-order chi connectivity index (χ1) is 8.67. The Balaban J connectivity index is 0.00000324. The number of aryl methyl sites for hydroxylation is 1. The Morgan fingerprint density at radius 1 is 1.26 bits per heavy atom. The fourth-order valence-electron chi connectivity index (χ4n) is 1.67. The highest BCUT2D eigenvalue weighted by Crippen LogP contribution is 2.12. The standard InChI is InChI=1S/C15H20N2O.ClH/c1-4-10-17(11-5-2)12-15(18)16-14-9-7-6-8-13(14)3;/h4-9H,1-2,10-12H2,3H3,(H,16,18);1H. The largest absolute Gasteiger partial charge is 0.325 e. The zero-order chi connectivity index (χ0) is 13.4. The summed E-state index contributed by atoms with van der Waals surface area (Å²) < 4.78 is 0. The van der Waals surface area contributed by atoms with Gasteiger partial charge in [-0.25, -0.2) is 0 Å². The normalized spacial score (nSPS) is 9.58. The predicted octanol–water partition coefficient (Wildman–Crippen LogP) is 3.03. The van der Waals surface area contributed by atoms with Gasteiger partial charge in [-0.15, -0.1) is 25.6 Å². The Kier molecular flexibility index (Phi) is 8.58. The average Bonchev–Trinajstić information content (AvgIpc) is 2.33. The smallest absolute Gasteiger partial charge is 0.238 e. The van der Waals surface area contributed by atoms with Crippen LogP contribution in [0.15, 0.2) is 49.6 Å². The van der Waals surface area contributed by atoms with E-state index in [1.807, 2.05) is 36.1 Å². The molecule has 1 aromatic carbocycles. The van der Waals surface area contributed by atoms with E-state index in [-0.39, 0.29) is 18.3 Å². The van der Waals surface area contributed by atoms with Crippen molar-refractivity contribution in [3.8, 4) is 0 Å². The number of carbonyl (C=O) groups excluding carboxylic acids is 1. The van der Waals surface area contributed by atoms with Crippen LogP contribution in [-0.2, 0) is 4.79 Å². The second-order valence-electron chi connectivity index (χ2n) is 4.13. The summed E-state index contributed by atoms with van der Waals surface area (Å²) in [5.74, 6) is -0.0204. The molecule has 1 N–H and O–H groups in total. The summed E-state index contributed by atoms with van der Waals surface area (Å²) in [6.45, 7) is 11.0. The molecule has 0 aliphatic carbocycles. The van der Waals surface area contributed by atoms with Crippen molar-refractivity contribution in [2.45, 2.75) is 6.92 Å². The number of benzene rings is 1. The van der Waals surface area contributed by atoms with E-state index in [0.717, 1.165) is 11.3 Å². The highest BCUT2D eigenvalue weighted by molar-refractivity contribution is 5.92. The number of hydrogen-bond acceptors (Lipinski definition) is 2. The molecule has 0 aliphatic heterocycles. The Labute approximate surface area is 121 Å². The maximum Gasteiger partial charge on any atom is 0.238 e. The minimum atomic E-state index is -0.0204. The quantitative estimate of drug-likeness (QED) is 0.779. The van der Waals surface area contributed by atoms with Gasteiger partial charge in [0.25, 0.3) is 0 Å². The maximum atomic E-state index is 11.9. The van der Waals surface area contributed by atoms with Crippen molar-refractivity contribution >= 4 is 24.0 Å². The fourth-order valence-corrected chi connectivity index (χ4v) is 1.67. The van der Waals surface area contributed by atoms with E-state index in [0.29, 0.717) is 19.6 Å². The van der Waals surface area contributed by atoms with Crippen molar-refractivity contribution in [1.82, 2.24) is 4.90 Å². The van der Waals surface area contributed by atoms with Crippen molar-refractivity contribution in [2.75, 3.05) is 25.0 Å². The lowest BCUT2D eigenvalue weighted by Crippen LogP contribution is -2.33. The van der Waals surface area contributed by atoms with Crippen molar-refractivity contribution in [3.05, 3.63) is 55.1 Å². The van der Waals surface area contributed by atoms with Crippen molar-refractivity contribution in [1.29, 1.82) is 0 Å². The van der Waals surface area contributed by atoms with Gasteiger partial charge in [-0.2, -0.15) is 0 Å². The number of hydrogen-bond donors (Lipinski definition) is 1. The molecular weight excluding hydrogens is 260 g/mol. The number of nitrogens with zero attached hydrogens (tertiary/aromatic N) is 1. The topological polar surface area (TPSA) is 32.3 Å². The Hall–Kier alpha value is -1.58. The van der Waals surface area contributed by atoms with Gasteiger partial charge >= 0.3 is 0 Å². The summed E-state index contributed by atoms with van der Waals surface area (Å²) >= 11 is 0. The second kappa shape index (κ2) is 9.36. The van der Waals surface area contributed by atoms with E-state index in [4.69, 9.17) is 0 Å². The summed E-state index contributed by atoms with van der Waals surface area (Å²) in [6, 6.07) is 7.74. The molecule has 0 radical (unpaired) electrons. The minimum Gasteiger partial charge on any atom is -0.325 e. The van der Waals surface area contributed by atoms with Crippen LogP contribution in [0.4, 0.5) is 5.69 Å². The number of halogens is 1. The highest BCUT2D eigenvalue weighted by atomic mass is 35.5. The van der Waals surface area contributed by atoms with Crippen LogP contribution in [0.1, 0.15) is 5.56 Å². The molecule has 104 valence electrons. The summed E-state index contributed by atoms with van der Waals surface area (Å²) in [6.07, 6.45) is 3.56. The van der Waals surface area contributed by atoms with Gasteiger partial charge in [0.05, 0.1) is 6.54 Å². The fraction of sp³-hybridized carbons (Fsp3) is 0.267. The Morgan fingerprint density at radius 2 is 1.84 bits per heavy atom. The van der Waals surface area contributed by atoms with E-state index in [9.17, 15) is 4.79 Å². The van der Waals surface area contributed by atoms with E-state index < -0.39 is 0 Å². The van der Waals surface area contributed by atoms with Gasteiger partial charge in [0.1, 0.15) is 0 Å². The molecule has 0 aliphatic rings. The molecule has 0 unspecified atom stereocenters. The minimum absolute atomic E-state index is 0. The van der Waals surface area contributed by atoms with Crippen LogP contribution in [0, 0.1) is 6.92 Å². The van der Waals surface area contributed by atoms with E-state index in [2.05, 4.69) is 18.5 Å². The molecule has 3 nitrogen and oxygen atoms in total. The summed E-state index contributed by atoms with van der Waals surface area (Å²) in [5, 5.41) is 2.91. The zero-order valence-corrected chi connectivity index (χ0v) is 12.1. The molecule has 1 rings (SSSR count). The van der Waals surface area contributed by atoms with Crippen LogP contribution in [-0.4, -0.2) is 30.4 Å². The Bertz CT molecular complexity index is 422. The molecule has 0 heterocycles. The number of para-hydroxylation sites is 1. The molecule has 0 saturated heterocycles. The van der Waals surface area contributed by atoms with Crippen LogP contribution in [0.5, 0.6) is 0 Å². The predicted molar refractivity (Wildman–Crippen MR) is 83.9 cm³/mol. The molecule has 0 saturated carbocycles. The van der Waals surface area contributed by atoms with Gasteiger partial charge in [0.2, 0.25) is 5.91 Å². The number of carbonyl (C=O) groups is 1.